The lowest BCUT2D eigenvalue weighted by Gasteiger charge is -2.08. The van der Waals surface area contributed by atoms with Crippen molar-refractivity contribution in [2.75, 3.05) is 19.0 Å². The van der Waals surface area contributed by atoms with Crippen LogP contribution < -0.4 is 5.32 Å². The van der Waals surface area contributed by atoms with Crippen LogP contribution in [0.2, 0.25) is 0 Å². The molecule has 1 aromatic heterocycles. The number of esters is 2. The lowest BCUT2D eigenvalue weighted by atomic mass is 10.1. The maximum Gasteiger partial charge on any atom is 0.341 e. The number of halogens is 1. The molecule has 0 fully saturated rings. The van der Waals surface area contributed by atoms with Crippen LogP contribution in [-0.2, 0) is 38.3 Å². The zero-order valence-corrected chi connectivity index (χ0v) is 18.5. The average molecular weight is 480 g/mol. The quantitative estimate of drug-likeness (QED) is 0.493. The van der Waals surface area contributed by atoms with Crippen LogP contribution in [0.5, 0.6) is 0 Å². The van der Waals surface area contributed by atoms with Crippen LogP contribution in [-0.4, -0.2) is 31.6 Å². The van der Waals surface area contributed by atoms with Crippen molar-refractivity contribution in [3.05, 3.63) is 50.3 Å². The van der Waals surface area contributed by atoms with Gasteiger partial charge in [0.2, 0.25) is 0 Å². The van der Waals surface area contributed by atoms with Gasteiger partial charge in [-0.3, -0.25) is 9.59 Å². The summed E-state index contributed by atoms with van der Waals surface area (Å²) in [7, 11) is 1.33. The highest BCUT2D eigenvalue weighted by Gasteiger charge is 2.26. The molecule has 29 heavy (non-hydrogen) atoms. The molecule has 154 valence electrons. The first-order valence-corrected chi connectivity index (χ1v) is 11.0. The van der Waals surface area contributed by atoms with Crippen molar-refractivity contribution >= 4 is 50.1 Å². The molecule has 0 saturated carbocycles. The maximum atomic E-state index is 12.3. The number of nitrogens with one attached hydrogen (secondary N) is 1. The fourth-order valence-corrected chi connectivity index (χ4v) is 4.84. The van der Waals surface area contributed by atoms with Gasteiger partial charge < -0.3 is 14.8 Å². The van der Waals surface area contributed by atoms with Crippen molar-refractivity contribution in [2.45, 2.75) is 38.5 Å². The van der Waals surface area contributed by atoms with Crippen molar-refractivity contribution < 1.29 is 23.9 Å². The van der Waals surface area contributed by atoms with E-state index in [1.807, 2.05) is 24.3 Å². The van der Waals surface area contributed by atoms with Gasteiger partial charge >= 0.3 is 11.9 Å². The van der Waals surface area contributed by atoms with Crippen LogP contribution in [0.3, 0.4) is 0 Å². The Morgan fingerprint density at radius 1 is 1.10 bits per heavy atom. The summed E-state index contributed by atoms with van der Waals surface area (Å²) in [6.07, 6.45) is 4.97. The number of hydrogen-bond acceptors (Lipinski definition) is 6. The summed E-state index contributed by atoms with van der Waals surface area (Å²) in [5, 5.41) is 3.20. The molecule has 1 N–H and O–H groups in total. The zero-order valence-electron chi connectivity index (χ0n) is 16.1. The van der Waals surface area contributed by atoms with E-state index < -0.39 is 24.5 Å². The third-order valence-corrected chi connectivity index (χ3v) is 6.43. The number of carbonyl (C=O) groups is 3. The predicted molar refractivity (Wildman–Crippen MR) is 114 cm³/mol. The summed E-state index contributed by atoms with van der Waals surface area (Å²) in [5.41, 5.74) is 2.21. The number of benzene rings is 1. The van der Waals surface area contributed by atoms with Crippen LogP contribution in [0.1, 0.15) is 45.6 Å². The molecular formula is C21H22BrNO5S. The molecule has 3 rings (SSSR count). The van der Waals surface area contributed by atoms with E-state index in [1.54, 1.807) is 0 Å². The van der Waals surface area contributed by atoms with Crippen LogP contribution in [0.4, 0.5) is 5.00 Å². The zero-order chi connectivity index (χ0) is 20.8. The molecule has 0 bridgehead atoms. The van der Waals surface area contributed by atoms with Crippen molar-refractivity contribution in [3.63, 3.8) is 0 Å². The largest absolute Gasteiger partial charge is 0.465 e. The van der Waals surface area contributed by atoms with Gasteiger partial charge in [-0.05, 0) is 48.9 Å². The fraction of sp³-hybridized carbons (Fsp3) is 0.381. The number of rotatable bonds is 6. The Morgan fingerprint density at radius 3 is 2.55 bits per heavy atom. The summed E-state index contributed by atoms with van der Waals surface area (Å²) in [5.74, 6) is -1.42. The lowest BCUT2D eigenvalue weighted by Crippen LogP contribution is -2.22. The molecule has 1 aliphatic rings. The van der Waals surface area contributed by atoms with Crippen LogP contribution in [0.25, 0.3) is 0 Å². The Kier molecular flexibility index (Phi) is 7.44. The maximum absolute atomic E-state index is 12.3. The third kappa shape index (κ3) is 5.67. The first-order chi connectivity index (χ1) is 14.0. The van der Waals surface area contributed by atoms with E-state index >= 15 is 0 Å². The number of hydrogen-bond donors (Lipinski definition) is 1. The molecule has 0 spiro atoms. The van der Waals surface area contributed by atoms with E-state index in [4.69, 9.17) is 9.47 Å². The lowest BCUT2D eigenvalue weighted by molar-refractivity contribution is -0.146. The van der Waals surface area contributed by atoms with E-state index in [1.165, 1.54) is 18.4 Å². The first kappa shape index (κ1) is 21.5. The molecule has 0 aliphatic heterocycles. The minimum Gasteiger partial charge on any atom is -0.465 e. The van der Waals surface area contributed by atoms with Crippen molar-refractivity contribution in [1.82, 2.24) is 0 Å². The fourth-order valence-electron chi connectivity index (χ4n) is 3.28. The third-order valence-electron chi connectivity index (χ3n) is 4.69. The SMILES string of the molecule is COC(=O)c1c(NC(=O)COC(=O)Cc2ccc(Br)cc2)sc2c1CCCCC2. The minimum absolute atomic E-state index is 0.0846. The molecule has 8 heteroatoms. The van der Waals surface area contributed by atoms with E-state index in [9.17, 15) is 14.4 Å². The van der Waals surface area contributed by atoms with Gasteiger partial charge in [-0.25, -0.2) is 4.79 Å². The van der Waals surface area contributed by atoms with Crippen molar-refractivity contribution in [1.29, 1.82) is 0 Å². The van der Waals surface area contributed by atoms with Gasteiger partial charge in [0, 0.05) is 9.35 Å². The van der Waals surface area contributed by atoms with Crippen LogP contribution in [0.15, 0.2) is 28.7 Å². The molecule has 2 aromatic rings. The highest BCUT2D eigenvalue weighted by atomic mass is 79.9. The Morgan fingerprint density at radius 2 is 1.83 bits per heavy atom. The number of anilines is 1. The molecule has 1 amide bonds. The van der Waals surface area contributed by atoms with Gasteiger partial charge in [0.05, 0.1) is 19.1 Å². The molecule has 0 radical (unpaired) electrons. The second kappa shape index (κ2) is 10.0. The van der Waals surface area contributed by atoms with Crippen molar-refractivity contribution in [2.24, 2.45) is 0 Å². The van der Waals surface area contributed by atoms with Gasteiger partial charge in [-0.2, -0.15) is 0 Å². The van der Waals surface area contributed by atoms with Crippen LogP contribution in [0, 0.1) is 0 Å². The summed E-state index contributed by atoms with van der Waals surface area (Å²) in [6.45, 7) is -0.404. The number of fused-ring (bicyclic) bond motifs is 1. The topological polar surface area (TPSA) is 81.7 Å². The Hall–Kier alpha value is -2.19. The smallest absolute Gasteiger partial charge is 0.341 e. The van der Waals surface area contributed by atoms with E-state index in [2.05, 4.69) is 21.2 Å². The van der Waals surface area contributed by atoms with Crippen LogP contribution >= 0.6 is 27.3 Å². The second-order valence-electron chi connectivity index (χ2n) is 6.77. The summed E-state index contributed by atoms with van der Waals surface area (Å²) in [6, 6.07) is 7.30. The van der Waals surface area contributed by atoms with Gasteiger partial charge in [0.25, 0.3) is 5.91 Å². The monoisotopic (exact) mass is 479 g/mol. The van der Waals surface area contributed by atoms with Gasteiger partial charge in [-0.15, -0.1) is 11.3 Å². The van der Waals surface area contributed by atoms with E-state index in [-0.39, 0.29) is 6.42 Å². The molecule has 0 saturated heterocycles. The first-order valence-electron chi connectivity index (χ1n) is 9.40. The second-order valence-corrected chi connectivity index (χ2v) is 8.79. The summed E-state index contributed by atoms with van der Waals surface area (Å²) >= 11 is 4.75. The highest BCUT2D eigenvalue weighted by molar-refractivity contribution is 9.10. The molecular weight excluding hydrogens is 458 g/mol. The average Bonchev–Trinajstić information content (AvgIpc) is 2.88. The van der Waals surface area contributed by atoms with Crippen molar-refractivity contribution in [3.8, 4) is 0 Å². The number of methoxy groups -OCH3 is 1. The Bertz CT molecular complexity index is 907. The van der Waals surface area contributed by atoms with E-state index in [0.29, 0.717) is 10.6 Å². The summed E-state index contributed by atoms with van der Waals surface area (Å²) in [4.78, 5) is 37.7. The summed E-state index contributed by atoms with van der Waals surface area (Å²) < 4.78 is 10.9. The standard InChI is InChI=1S/C21H22BrNO5S/c1-27-21(26)19-15-5-3-2-4-6-16(15)29-20(19)23-17(24)12-28-18(25)11-13-7-9-14(22)10-8-13/h7-10H,2-6,11-12H2,1H3,(H,23,24). The Balaban J connectivity index is 1.62. The molecule has 1 aliphatic carbocycles. The van der Waals surface area contributed by atoms with Gasteiger partial charge in [0.15, 0.2) is 6.61 Å². The van der Waals surface area contributed by atoms with E-state index in [0.717, 1.165) is 52.6 Å². The predicted octanol–water partition coefficient (Wildman–Crippen LogP) is 4.29. The minimum atomic E-state index is -0.488. The molecule has 1 heterocycles. The molecule has 6 nitrogen and oxygen atoms in total. The highest BCUT2D eigenvalue weighted by Crippen LogP contribution is 2.37. The molecule has 0 atom stereocenters. The molecule has 0 unspecified atom stereocenters. The normalized spacial score (nSPS) is 13.2. The van der Waals surface area contributed by atoms with Gasteiger partial charge in [-0.1, -0.05) is 34.5 Å². The van der Waals surface area contributed by atoms with Gasteiger partial charge in [0.1, 0.15) is 5.00 Å². The number of amides is 1. The number of aryl methyl sites for hydroxylation is 1. The number of carbonyl (C=O) groups excluding carboxylic acids is 3. The Labute approximate surface area is 181 Å². The number of ether oxygens (including phenoxy) is 2. The number of thiophene rings is 1. The molecule has 1 aromatic carbocycles.